The van der Waals surface area contributed by atoms with Gasteiger partial charge in [-0.15, -0.1) is 11.3 Å². The van der Waals surface area contributed by atoms with Gasteiger partial charge in [0.15, 0.2) is 5.82 Å². The standard InChI is InChI=1S/C22H22N4O2S/c23-13-15-5-1-3-7-17(15)28-21-20-16-6-2-4-8-18(16)29-22(20)25-19(24-21)14-26-9-11-27-12-10-26/h1,3,5,7H,2,4,6,8-12,14H2/p+1. The number of nitriles is 1. The molecule has 3 heterocycles. The van der Waals surface area contributed by atoms with Gasteiger partial charge in [0.2, 0.25) is 5.88 Å². The number of quaternary nitrogens is 1. The number of aryl methyl sites for hydroxylation is 2. The van der Waals surface area contributed by atoms with E-state index in [0.29, 0.717) is 17.2 Å². The van der Waals surface area contributed by atoms with Gasteiger partial charge < -0.3 is 14.4 Å². The second-order valence-corrected chi connectivity index (χ2v) is 8.67. The molecule has 7 heteroatoms. The molecular formula is C22H23N4O2S+. The molecule has 1 aliphatic carbocycles. The highest BCUT2D eigenvalue weighted by atomic mass is 32.1. The number of nitrogens with one attached hydrogen (secondary N) is 1. The molecule has 0 radical (unpaired) electrons. The van der Waals surface area contributed by atoms with Crippen LogP contribution in [0, 0.1) is 11.3 Å². The average Bonchev–Trinajstić information content (AvgIpc) is 3.13. The summed E-state index contributed by atoms with van der Waals surface area (Å²) in [5.41, 5.74) is 1.86. The van der Waals surface area contributed by atoms with Gasteiger partial charge in [0.05, 0.1) is 24.2 Å². The summed E-state index contributed by atoms with van der Waals surface area (Å²) in [7, 11) is 0. The second-order valence-electron chi connectivity index (χ2n) is 7.59. The van der Waals surface area contributed by atoms with Crippen LogP contribution in [0.1, 0.15) is 34.7 Å². The van der Waals surface area contributed by atoms with Crippen LogP contribution in [0.4, 0.5) is 0 Å². The third-order valence-corrected chi connectivity index (χ3v) is 6.84. The molecule has 1 aliphatic heterocycles. The third-order valence-electron chi connectivity index (χ3n) is 5.65. The van der Waals surface area contributed by atoms with Crippen molar-refractivity contribution in [3.63, 3.8) is 0 Å². The smallest absolute Gasteiger partial charge is 0.231 e. The van der Waals surface area contributed by atoms with Crippen LogP contribution in [0.15, 0.2) is 24.3 Å². The van der Waals surface area contributed by atoms with Crippen molar-refractivity contribution in [2.45, 2.75) is 32.2 Å². The summed E-state index contributed by atoms with van der Waals surface area (Å²) in [5.74, 6) is 1.95. The Hall–Kier alpha value is -2.53. The zero-order valence-corrected chi connectivity index (χ0v) is 17.1. The molecule has 0 atom stereocenters. The number of fused-ring (bicyclic) bond motifs is 3. The minimum atomic E-state index is 0.517. The molecule has 0 saturated carbocycles. The molecule has 3 aromatic rings. The van der Waals surface area contributed by atoms with E-state index in [4.69, 9.17) is 19.4 Å². The largest absolute Gasteiger partial charge is 0.437 e. The van der Waals surface area contributed by atoms with E-state index in [1.807, 2.05) is 18.2 Å². The van der Waals surface area contributed by atoms with Gasteiger partial charge in [0, 0.05) is 4.88 Å². The molecule has 1 saturated heterocycles. The fourth-order valence-corrected chi connectivity index (χ4v) is 5.40. The van der Waals surface area contributed by atoms with Crippen LogP contribution in [0.2, 0.25) is 0 Å². The molecule has 0 unspecified atom stereocenters. The molecule has 29 heavy (non-hydrogen) atoms. The lowest BCUT2D eigenvalue weighted by Crippen LogP contribution is -3.12. The summed E-state index contributed by atoms with van der Waals surface area (Å²) in [6, 6.07) is 9.55. The molecule has 0 amide bonds. The Bertz CT molecular complexity index is 1080. The Labute approximate surface area is 173 Å². The normalized spacial score (nSPS) is 17.1. The van der Waals surface area contributed by atoms with Crippen molar-refractivity contribution >= 4 is 21.6 Å². The molecule has 2 aliphatic rings. The van der Waals surface area contributed by atoms with Crippen molar-refractivity contribution in [1.29, 1.82) is 5.26 Å². The van der Waals surface area contributed by atoms with Crippen LogP contribution in [0.25, 0.3) is 10.2 Å². The Morgan fingerprint density at radius 2 is 1.97 bits per heavy atom. The molecule has 1 N–H and O–H groups in total. The van der Waals surface area contributed by atoms with Crippen LogP contribution < -0.4 is 9.64 Å². The average molecular weight is 408 g/mol. The molecular weight excluding hydrogens is 384 g/mol. The summed E-state index contributed by atoms with van der Waals surface area (Å²) < 4.78 is 11.7. The lowest BCUT2D eigenvalue weighted by atomic mass is 9.97. The highest BCUT2D eigenvalue weighted by molar-refractivity contribution is 7.18. The first-order chi connectivity index (χ1) is 14.3. The van der Waals surface area contributed by atoms with Crippen molar-refractivity contribution < 1.29 is 14.4 Å². The molecule has 1 aromatic carbocycles. The molecule has 1 fully saturated rings. The van der Waals surface area contributed by atoms with Gasteiger partial charge in [-0.1, -0.05) is 12.1 Å². The zero-order chi connectivity index (χ0) is 19.6. The van der Waals surface area contributed by atoms with E-state index in [2.05, 4.69) is 6.07 Å². The summed E-state index contributed by atoms with van der Waals surface area (Å²) >= 11 is 1.78. The van der Waals surface area contributed by atoms with Crippen LogP contribution in [-0.2, 0) is 24.1 Å². The minimum absolute atomic E-state index is 0.517. The summed E-state index contributed by atoms with van der Waals surface area (Å²) in [5, 5.41) is 10.5. The van der Waals surface area contributed by atoms with Crippen molar-refractivity contribution in [2.75, 3.05) is 26.3 Å². The van der Waals surface area contributed by atoms with E-state index >= 15 is 0 Å². The maximum Gasteiger partial charge on any atom is 0.231 e. The number of morpholine rings is 1. The topological polar surface area (TPSA) is 72.5 Å². The van der Waals surface area contributed by atoms with E-state index in [0.717, 1.165) is 61.7 Å². The third kappa shape index (κ3) is 3.71. The van der Waals surface area contributed by atoms with E-state index in [1.54, 1.807) is 17.4 Å². The number of benzene rings is 1. The Balaban J connectivity index is 1.58. The van der Waals surface area contributed by atoms with Gasteiger partial charge in [-0.25, -0.2) is 4.98 Å². The number of hydrogen-bond donors (Lipinski definition) is 1. The van der Waals surface area contributed by atoms with Gasteiger partial charge in [-0.3, -0.25) is 0 Å². The van der Waals surface area contributed by atoms with Crippen molar-refractivity contribution in [3.05, 3.63) is 46.1 Å². The number of aromatic nitrogens is 2. The first-order valence-corrected chi connectivity index (χ1v) is 11.0. The quantitative estimate of drug-likeness (QED) is 0.720. The first-order valence-electron chi connectivity index (χ1n) is 10.2. The zero-order valence-electron chi connectivity index (χ0n) is 16.2. The minimum Gasteiger partial charge on any atom is -0.437 e. The lowest BCUT2D eigenvalue weighted by molar-refractivity contribution is -0.922. The Kier molecular flexibility index (Phi) is 5.15. The molecule has 0 spiro atoms. The SMILES string of the molecule is N#Cc1ccccc1Oc1nc(C[NH+]2CCOCC2)nc2sc3c(c12)CCCC3. The van der Waals surface area contributed by atoms with E-state index in [-0.39, 0.29) is 0 Å². The van der Waals surface area contributed by atoms with Gasteiger partial charge in [-0.2, -0.15) is 10.2 Å². The second kappa shape index (κ2) is 8.07. The van der Waals surface area contributed by atoms with Gasteiger partial charge in [0.25, 0.3) is 0 Å². The van der Waals surface area contributed by atoms with Crippen molar-refractivity contribution in [1.82, 2.24) is 9.97 Å². The first kappa shape index (κ1) is 18.5. The fraction of sp³-hybridized carbons (Fsp3) is 0.409. The summed E-state index contributed by atoms with van der Waals surface area (Å²) in [4.78, 5) is 13.6. The van der Waals surface area contributed by atoms with Crippen LogP contribution in [-0.4, -0.2) is 36.3 Å². The van der Waals surface area contributed by atoms with Crippen molar-refractivity contribution in [3.8, 4) is 17.7 Å². The number of rotatable bonds is 4. The maximum atomic E-state index is 9.46. The highest BCUT2D eigenvalue weighted by Gasteiger charge is 2.24. The molecule has 148 valence electrons. The molecule has 5 rings (SSSR count). The number of ether oxygens (including phenoxy) is 2. The maximum absolute atomic E-state index is 9.46. The summed E-state index contributed by atoms with van der Waals surface area (Å²) in [6.07, 6.45) is 4.57. The lowest BCUT2D eigenvalue weighted by Gasteiger charge is -2.23. The number of nitrogens with zero attached hydrogens (tertiary/aromatic N) is 3. The summed E-state index contributed by atoms with van der Waals surface area (Å²) in [6.45, 7) is 4.26. The predicted molar refractivity (Wildman–Crippen MR) is 111 cm³/mol. The van der Waals surface area contributed by atoms with Gasteiger partial charge in [0.1, 0.15) is 36.3 Å². The Morgan fingerprint density at radius 1 is 1.14 bits per heavy atom. The number of para-hydroxylation sites is 1. The monoisotopic (exact) mass is 407 g/mol. The van der Waals surface area contributed by atoms with Crippen LogP contribution >= 0.6 is 11.3 Å². The van der Waals surface area contributed by atoms with Gasteiger partial charge in [-0.05, 0) is 43.4 Å². The highest BCUT2D eigenvalue weighted by Crippen LogP contribution is 2.41. The number of thiophene rings is 1. The van der Waals surface area contributed by atoms with E-state index in [1.165, 1.54) is 28.2 Å². The van der Waals surface area contributed by atoms with E-state index in [9.17, 15) is 5.26 Å². The molecule has 0 bridgehead atoms. The van der Waals surface area contributed by atoms with E-state index < -0.39 is 0 Å². The van der Waals surface area contributed by atoms with Crippen LogP contribution in [0.5, 0.6) is 11.6 Å². The molecule has 2 aromatic heterocycles. The van der Waals surface area contributed by atoms with Crippen LogP contribution in [0.3, 0.4) is 0 Å². The Morgan fingerprint density at radius 3 is 2.83 bits per heavy atom. The fourth-order valence-electron chi connectivity index (χ4n) is 4.13. The van der Waals surface area contributed by atoms with Crippen molar-refractivity contribution in [2.24, 2.45) is 0 Å². The number of hydrogen-bond acceptors (Lipinski definition) is 6. The molecule has 6 nitrogen and oxygen atoms in total. The predicted octanol–water partition coefficient (Wildman–Crippen LogP) is 2.65. The van der Waals surface area contributed by atoms with Gasteiger partial charge >= 0.3 is 0 Å².